The molecule has 4 saturated carbocycles. The van der Waals surface area contributed by atoms with E-state index in [-0.39, 0.29) is 17.4 Å². The fraction of sp³-hybridized carbons (Fsp3) is 0.963. The first-order valence-corrected chi connectivity index (χ1v) is 13.4. The molecule has 4 heteroatoms. The van der Waals surface area contributed by atoms with Crippen LogP contribution in [0.4, 0.5) is 0 Å². The molecule has 2 aliphatic heterocycles. The lowest BCUT2D eigenvalue weighted by Gasteiger charge is -2.59. The number of carbonyl (C=O) groups is 1. The van der Waals surface area contributed by atoms with Gasteiger partial charge in [0.05, 0.1) is 11.7 Å². The number of aliphatic hydroxyl groups excluding tert-OH is 1. The lowest BCUT2D eigenvalue weighted by molar-refractivity contribution is -0.175. The summed E-state index contributed by atoms with van der Waals surface area (Å²) in [7, 11) is 0. The smallest absolute Gasteiger partial charge is 0.136 e. The van der Waals surface area contributed by atoms with Crippen LogP contribution in [0.15, 0.2) is 0 Å². The van der Waals surface area contributed by atoms with Crippen molar-refractivity contribution in [2.75, 3.05) is 13.1 Å². The molecular formula is C27H43NO3. The molecule has 12 atom stereocenters. The van der Waals surface area contributed by atoms with E-state index in [1.165, 1.54) is 25.8 Å². The molecule has 6 fully saturated rings. The molecule has 31 heavy (non-hydrogen) atoms. The molecule has 11 unspecified atom stereocenters. The van der Waals surface area contributed by atoms with E-state index in [0.29, 0.717) is 53.8 Å². The Kier molecular flexibility index (Phi) is 4.78. The second kappa shape index (κ2) is 7.03. The molecule has 0 amide bonds. The van der Waals surface area contributed by atoms with Crippen LogP contribution in [0.1, 0.15) is 78.6 Å². The van der Waals surface area contributed by atoms with Crippen LogP contribution in [0.5, 0.6) is 0 Å². The Balaban J connectivity index is 1.31. The maximum Gasteiger partial charge on any atom is 0.136 e. The van der Waals surface area contributed by atoms with Crippen LogP contribution in [0, 0.1) is 52.8 Å². The summed E-state index contributed by atoms with van der Waals surface area (Å²) in [5.41, 5.74) is -0.482. The Morgan fingerprint density at radius 2 is 1.71 bits per heavy atom. The Hall–Kier alpha value is -0.450. The Morgan fingerprint density at radius 1 is 0.903 bits per heavy atom. The normalized spacial score (nSPS) is 59.2. The van der Waals surface area contributed by atoms with Crippen molar-refractivity contribution in [1.29, 1.82) is 0 Å². The van der Waals surface area contributed by atoms with Crippen LogP contribution in [0.3, 0.4) is 0 Å². The first-order chi connectivity index (χ1) is 14.7. The van der Waals surface area contributed by atoms with Gasteiger partial charge >= 0.3 is 0 Å². The van der Waals surface area contributed by atoms with Crippen LogP contribution < -0.4 is 0 Å². The van der Waals surface area contributed by atoms with Crippen molar-refractivity contribution in [1.82, 2.24) is 4.90 Å². The van der Waals surface area contributed by atoms with Gasteiger partial charge in [-0.1, -0.05) is 13.8 Å². The van der Waals surface area contributed by atoms with E-state index in [0.717, 1.165) is 44.6 Å². The SMILES string of the molecule is CC1CCC2N(C1)CC1C3CC4C(CC(=O)C5CC(O)CCC54C)C3CCC1[C@]2(C)O. The van der Waals surface area contributed by atoms with Crippen LogP contribution in [-0.2, 0) is 4.79 Å². The summed E-state index contributed by atoms with van der Waals surface area (Å²) in [5, 5.41) is 22.1. The third kappa shape index (κ3) is 2.93. The summed E-state index contributed by atoms with van der Waals surface area (Å²) < 4.78 is 0. The van der Waals surface area contributed by atoms with Gasteiger partial charge in [-0.25, -0.2) is 0 Å². The highest BCUT2D eigenvalue weighted by atomic mass is 16.3. The highest BCUT2D eigenvalue weighted by molar-refractivity contribution is 5.83. The van der Waals surface area contributed by atoms with E-state index in [1.807, 2.05) is 0 Å². The van der Waals surface area contributed by atoms with E-state index < -0.39 is 5.60 Å². The second-order valence-corrected chi connectivity index (χ2v) is 13.2. The van der Waals surface area contributed by atoms with Crippen LogP contribution >= 0.6 is 0 Å². The van der Waals surface area contributed by atoms with Crippen molar-refractivity contribution in [3.8, 4) is 0 Å². The second-order valence-electron chi connectivity index (χ2n) is 13.2. The molecule has 6 rings (SSSR count). The summed E-state index contributed by atoms with van der Waals surface area (Å²) in [6.45, 7) is 9.23. The van der Waals surface area contributed by atoms with Gasteiger partial charge in [0, 0.05) is 31.5 Å². The zero-order chi connectivity index (χ0) is 21.7. The number of fused-ring (bicyclic) bond motifs is 8. The van der Waals surface area contributed by atoms with Gasteiger partial charge in [-0.15, -0.1) is 0 Å². The number of ketones is 1. The lowest BCUT2D eigenvalue weighted by Crippen LogP contribution is -2.67. The fourth-order valence-corrected chi connectivity index (χ4v) is 10.4. The molecule has 174 valence electrons. The summed E-state index contributed by atoms with van der Waals surface area (Å²) in [5.74, 6) is 4.82. The van der Waals surface area contributed by atoms with Crippen molar-refractivity contribution >= 4 is 5.78 Å². The summed E-state index contributed by atoms with van der Waals surface area (Å²) in [6.07, 6.45) is 9.08. The predicted molar refractivity (Wildman–Crippen MR) is 120 cm³/mol. The molecule has 4 nitrogen and oxygen atoms in total. The number of piperidine rings is 2. The van der Waals surface area contributed by atoms with Gasteiger partial charge in [0.15, 0.2) is 0 Å². The number of carbonyl (C=O) groups excluding carboxylic acids is 1. The van der Waals surface area contributed by atoms with Gasteiger partial charge in [0.25, 0.3) is 0 Å². The van der Waals surface area contributed by atoms with Gasteiger partial charge in [-0.2, -0.15) is 0 Å². The fourth-order valence-electron chi connectivity index (χ4n) is 10.4. The van der Waals surface area contributed by atoms with Crippen molar-refractivity contribution in [2.45, 2.75) is 96.3 Å². The van der Waals surface area contributed by atoms with Gasteiger partial charge in [0.2, 0.25) is 0 Å². The summed E-state index contributed by atoms with van der Waals surface area (Å²) >= 11 is 0. The number of Topliss-reactive ketones (excluding diaryl/α,β-unsaturated/α-hetero) is 1. The number of hydrogen-bond acceptors (Lipinski definition) is 4. The quantitative estimate of drug-likeness (QED) is 0.613. The number of aliphatic hydroxyl groups is 2. The van der Waals surface area contributed by atoms with Crippen molar-refractivity contribution < 1.29 is 15.0 Å². The lowest BCUT2D eigenvalue weighted by atomic mass is 9.51. The predicted octanol–water partition coefficient (Wildman–Crippen LogP) is 3.89. The van der Waals surface area contributed by atoms with Crippen molar-refractivity contribution in [2.24, 2.45) is 52.8 Å². The molecule has 0 aromatic heterocycles. The Labute approximate surface area is 188 Å². The monoisotopic (exact) mass is 429 g/mol. The van der Waals surface area contributed by atoms with E-state index in [4.69, 9.17) is 0 Å². The minimum atomic E-state index is -0.570. The molecule has 2 heterocycles. The largest absolute Gasteiger partial charge is 0.393 e. The first-order valence-electron chi connectivity index (χ1n) is 13.4. The minimum absolute atomic E-state index is 0.0789. The standard InChI is InChI=1S/C27H43NO3/c1-15-4-7-25-27(3,31)21-6-5-17-18(20(21)14-28(25)13-15)11-22-19(17)12-24(30)23-10-16(29)8-9-26(22,23)2/h15-23,25,29,31H,4-14H2,1-3H3/t15?,16?,17?,18?,19?,20?,21?,22?,23?,25?,26?,27-/m0/s1. The number of hydrogen-bond donors (Lipinski definition) is 2. The molecule has 0 spiro atoms. The molecule has 0 aromatic carbocycles. The maximum atomic E-state index is 13.2. The molecule has 2 saturated heterocycles. The molecule has 2 N–H and O–H groups in total. The average Bonchev–Trinajstić information content (AvgIpc) is 3.09. The van der Waals surface area contributed by atoms with Gasteiger partial charge in [-0.3, -0.25) is 9.69 Å². The topological polar surface area (TPSA) is 60.8 Å². The molecule has 0 radical (unpaired) electrons. The van der Waals surface area contributed by atoms with Gasteiger partial charge in [0.1, 0.15) is 5.78 Å². The zero-order valence-corrected chi connectivity index (χ0v) is 19.8. The molecule has 0 aromatic rings. The molecule has 6 aliphatic rings. The average molecular weight is 430 g/mol. The van der Waals surface area contributed by atoms with Gasteiger partial charge < -0.3 is 10.2 Å². The first kappa shape index (κ1) is 21.1. The van der Waals surface area contributed by atoms with Crippen molar-refractivity contribution in [3.63, 3.8) is 0 Å². The van der Waals surface area contributed by atoms with Crippen LogP contribution in [-0.4, -0.2) is 51.7 Å². The van der Waals surface area contributed by atoms with E-state index >= 15 is 0 Å². The van der Waals surface area contributed by atoms with Gasteiger partial charge in [-0.05, 0) is 105 Å². The summed E-state index contributed by atoms with van der Waals surface area (Å²) in [4.78, 5) is 15.9. The molecule has 4 aliphatic carbocycles. The Bertz CT molecular complexity index is 751. The Morgan fingerprint density at radius 3 is 2.52 bits per heavy atom. The third-order valence-corrected chi connectivity index (χ3v) is 11.8. The van der Waals surface area contributed by atoms with Crippen molar-refractivity contribution in [3.05, 3.63) is 0 Å². The highest BCUT2D eigenvalue weighted by Gasteiger charge is 2.64. The third-order valence-electron chi connectivity index (χ3n) is 11.8. The maximum absolute atomic E-state index is 13.2. The zero-order valence-electron chi connectivity index (χ0n) is 19.8. The summed E-state index contributed by atoms with van der Waals surface area (Å²) in [6, 6.07) is 0.341. The molecular weight excluding hydrogens is 386 g/mol. The van der Waals surface area contributed by atoms with Crippen LogP contribution in [0.2, 0.25) is 0 Å². The minimum Gasteiger partial charge on any atom is -0.393 e. The molecule has 0 bridgehead atoms. The van der Waals surface area contributed by atoms with E-state index in [1.54, 1.807) is 0 Å². The number of rotatable bonds is 0. The highest BCUT2D eigenvalue weighted by Crippen LogP contribution is 2.66. The van der Waals surface area contributed by atoms with Crippen LogP contribution in [0.25, 0.3) is 0 Å². The van der Waals surface area contributed by atoms with E-state index in [9.17, 15) is 15.0 Å². The number of nitrogens with zero attached hydrogens (tertiary/aromatic N) is 1. The van der Waals surface area contributed by atoms with E-state index in [2.05, 4.69) is 25.7 Å².